The maximum atomic E-state index is 12.9. The second-order valence-electron chi connectivity index (χ2n) is 7.88. The summed E-state index contributed by atoms with van der Waals surface area (Å²) in [5.41, 5.74) is 1.28. The summed E-state index contributed by atoms with van der Waals surface area (Å²) in [4.78, 5) is 12.9. The number of fused-ring (bicyclic) bond motifs is 1. The number of rotatable bonds is 5. The van der Waals surface area contributed by atoms with Gasteiger partial charge in [-0.2, -0.15) is 0 Å². The number of carbonyl (C=O) groups excluding carboxylic acids is 1. The van der Waals surface area contributed by atoms with E-state index in [1.807, 2.05) is 66.7 Å². The van der Waals surface area contributed by atoms with Crippen LogP contribution in [0.1, 0.15) is 22.2 Å². The van der Waals surface area contributed by atoms with Gasteiger partial charge in [0.25, 0.3) is 0 Å². The van der Waals surface area contributed by atoms with Gasteiger partial charge >= 0.3 is 199 Å². The Kier molecular flexibility index (Phi) is 6.88. The summed E-state index contributed by atoms with van der Waals surface area (Å²) in [5.74, 6) is -0.502. The van der Waals surface area contributed by atoms with Crippen molar-refractivity contribution in [2.75, 3.05) is 6.61 Å². The normalized spacial score (nSPS) is 29.1. The molecule has 33 heavy (non-hydrogen) atoms. The number of hydrogen-bond acceptors (Lipinski definition) is 6. The fourth-order valence-electron chi connectivity index (χ4n) is 3.97. The molecule has 0 bridgehead atoms. The van der Waals surface area contributed by atoms with Crippen LogP contribution < -0.4 is 4.46 Å². The Morgan fingerprint density at radius 1 is 0.879 bits per heavy atom. The van der Waals surface area contributed by atoms with Crippen molar-refractivity contribution >= 4 is 25.4 Å². The van der Waals surface area contributed by atoms with Gasteiger partial charge in [0.1, 0.15) is 0 Å². The van der Waals surface area contributed by atoms with E-state index in [0.717, 1.165) is 10.0 Å². The zero-order chi connectivity index (χ0) is 22.6. The van der Waals surface area contributed by atoms with Crippen LogP contribution >= 0.6 is 0 Å². The molecule has 3 aromatic carbocycles. The predicted molar refractivity (Wildman–Crippen MR) is 122 cm³/mol. The molecule has 0 spiro atoms. The average molecular weight is 511 g/mol. The van der Waals surface area contributed by atoms with Crippen molar-refractivity contribution in [1.29, 1.82) is 0 Å². The van der Waals surface area contributed by atoms with Crippen LogP contribution in [0.2, 0.25) is 0 Å². The van der Waals surface area contributed by atoms with Gasteiger partial charge in [-0.15, -0.1) is 0 Å². The second-order valence-corrected chi connectivity index (χ2v) is 10.3. The first kappa shape index (κ1) is 22.3. The Bertz CT molecular complexity index is 1050. The number of carbonyl (C=O) groups is 1. The molecular weight excluding hydrogens is 487 g/mol. The van der Waals surface area contributed by atoms with E-state index in [1.165, 1.54) is 0 Å². The third kappa shape index (κ3) is 5.04. The summed E-state index contributed by atoms with van der Waals surface area (Å²) in [7, 11) is 0. The molecule has 2 saturated heterocycles. The summed E-state index contributed by atoms with van der Waals surface area (Å²) in [6, 6.07) is 28.2. The first-order valence-corrected chi connectivity index (χ1v) is 12.7. The molecule has 5 rings (SSSR count). The van der Waals surface area contributed by atoms with Crippen LogP contribution in [0.15, 0.2) is 91.0 Å². The van der Waals surface area contributed by atoms with Gasteiger partial charge in [-0.3, -0.25) is 0 Å². The molecule has 2 heterocycles. The van der Waals surface area contributed by atoms with E-state index in [2.05, 4.69) is 0 Å². The van der Waals surface area contributed by atoms with Crippen molar-refractivity contribution in [3.8, 4) is 0 Å². The molecule has 6 nitrogen and oxygen atoms in total. The molecule has 170 valence electrons. The molecule has 0 unspecified atom stereocenters. The number of esters is 1. The van der Waals surface area contributed by atoms with Crippen LogP contribution in [0.5, 0.6) is 0 Å². The molecule has 2 fully saturated rings. The van der Waals surface area contributed by atoms with E-state index in [1.54, 1.807) is 24.3 Å². The molecule has 0 aliphatic carbocycles. The predicted octanol–water partition coefficient (Wildman–Crippen LogP) is 2.44. The Balaban J connectivity index is 1.40. The molecule has 0 radical (unpaired) electrons. The molecule has 2 aliphatic rings. The number of aliphatic hydroxyl groups excluding tert-OH is 1. The van der Waals surface area contributed by atoms with Crippen LogP contribution in [-0.4, -0.2) is 62.1 Å². The van der Waals surface area contributed by atoms with E-state index >= 15 is 0 Å². The number of hydrogen-bond donors (Lipinski definition) is 1. The van der Waals surface area contributed by atoms with E-state index in [-0.39, 0.29) is 21.6 Å². The molecule has 0 amide bonds. The first-order valence-electron chi connectivity index (χ1n) is 10.8. The fraction of sp³-hybridized carbons (Fsp3) is 0.269. The van der Waals surface area contributed by atoms with E-state index in [9.17, 15) is 9.90 Å². The van der Waals surface area contributed by atoms with Crippen molar-refractivity contribution < 1.29 is 28.8 Å². The van der Waals surface area contributed by atoms with Crippen LogP contribution in [0, 0.1) is 0 Å². The van der Waals surface area contributed by atoms with E-state index in [4.69, 9.17) is 18.9 Å². The molecule has 7 heteroatoms. The molecule has 0 aromatic heterocycles. The molecule has 0 saturated carbocycles. The van der Waals surface area contributed by atoms with Gasteiger partial charge < -0.3 is 0 Å². The van der Waals surface area contributed by atoms with Gasteiger partial charge in [0.15, 0.2) is 0 Å². The van der Waals surface area contributed by atoms with Crippen molar-refractivity contribution in [2.24, 2.45) is 0 Å². The van der Waals surface area contributed by atoms with Gasteiger partial charge in [-0.25, -0.2) is 0 Å². The topological polar surface area (TPSA) is 74.2 Å². The van der Waals surface area contributed by atoms with Crippen LogP contribution in [0.25, 0.3) is 0 Å². The van der Waals surface area contributed by atoms with Crippen molar-refractivity contribution in [3.63, 3.8) is 0 Å². The second kappa shape index (κ2) is 10.2. The quantitative estimate of drug-likeness (QED) is 0.419. The summed E-state index contributed by atoms with van der Waals surface area (Å²) in [6.07, 6.45) is -3.67. The summed E-state index contributed by atoms with van der Waals surface area (Å²) in [6.45, 7) is 0.276. The van der Waals surface area contributed by atoms with Crippen molar-refractivity contribution in [3.05, 3.63) is 102 Å². The van der Waals surface area contributed by atoms with Gasteiger partial charge in [0, 0.05) is 0 Å². The first-order chi connectivity index (χ1) is 16.2. The van der Waals surface area contributed by atoms with Gasteiger partial charge in [0.05, 0.1) is 0 Å². The Morgan fingerprint density at radius 3 is 2.21 bits per heavy atom. The van der Waals surface area contributed by atoms with Crippen LogP contribution in [-0.2, 0) is 18.9 Å². The SMILES string of the molecule is O=C(O[C@@H]1[C@@H](O)[C@H]([Se]c2ccccc2)O[C@@H]2CO[C@@H](c3ccccc3)O[C@@H]12)c1ccccc1. The third-order valence-corrected chi connectivity index (χ3v) is 8.07. The van der Waals surface area contributed by atoms with E-state index in [0.29, 0.717) is 5.56 Å². The number of benzene rings is 3. The Hall–Kier alpha value is -2.51. The minimum absolute atomic E-state index is 0.195. The number of ether oxygens (including phenoxy) is 4. The Labute approximate surface area is 198 Å². The van der Waals surface area contributed by atoms with Crippen LogP contribution in [0.3, 0.4) is 0 Å². The van der Waals surface area contributed by atoms with E-state index < -0.39 is 41.7 Å². The van der Waals surface area contributed by atoms with Crippen molar-refractivity contribution in [1.82, 2.24) is 0 Å². The summed E-state index contributed by atoms with van der Waals surface area (Å²) >= 11 is -0.195. The zero-order valence-corrected chi connectivity index (χ0v) is 19.4. The monoisotopic (exact) mass is 512 g/mol. The Morgan fingerprint density at radius 2 is 1.52 bits per heavy atom. The standard InChI is InChI=1S/C26H24O6Se/c27-21-23(31-24(28)17-10-4-1-5-11-17)22-20(30-26(21)33-19-14-8-3-9-15-19)16-29-25(32-22)18-12-6-2-7-13-18/h1-15,20-23,25-27H,16H2/t20-,21-,22-,23-,25-,26+/m1/s1. The van der Waals surface area contributed by atoms with Gasteiger partial charge in [-0.05, 0) is 0 Å². The average Bonchev–Trinajstić information content (AvgIpc) is 2.88. The van der Waals surface area contributed by atoms with Gasteiger partial charge in [-0.1, -0.05) is 0 Å². The minimum atomic E-state index is -1.03. The summed E-state index contributed by atoms with van der Waals surface area (Å²) in [5, 5.41) is 10.8. The summed E-state index contributed by atoms with van der Waals surface area (Å²) < 4.78 is 25.4. The zero-order valence-electron chi connectivity index (χ0n) is 17.7. The molecule has 6 atom stereocenters. The fourth-order valence-corrected chi connectivity index (χ4v) is 6.23. The molecule has 2 aliphatic heterocycles. The van der Waals surface area contributed by atoms with Crippen molar-refractivity contribution in [2.45, 2.75) is 35.7 Å². The molecule has 3 aromatic rings. The number of aliphatic hydroxyl groups is 1. The van der Waals surface area contributed by atoms with Gasteiger partial charge in [0.2, 0.25) is 0 Å². The molecule has 1 N–H and O–H groups in total. The third-order valence-electron chi connectivity index (χ3n) is 5.63. The maximum absolute atomic E-state index is 12.9. The van der Waals surface area contributed by atoms with Crippen LogP contribution in [0.4, 0.5) is 0 Å². The molecular formula is C26H24O6Se.